The monoisotopic (exact) mass is 728 g/mol. The lowest BCUT2D eigenvalue weighted by molar-refractivity contribution is 0.0485. The molecule has 54 heavy (non-hydrogen) atoms. The molecule has 4 aromatic heterocycles. The lowest BCUT2D eigenvalue weighted by Crippen LogP contribution is -2.49. The summed E-state index contributed by atoms with van der Waals surface area (Å²) in [5, 5.41) is 13.5. The summed E-state index contributed by atoms with van der Waals surface area (Å²) in [7, 11) is 1.64. The Morgan fingerprint density at radius 2 is 1.78 bits per heavy atom. The molecule has 0 radical (unpaired) electrons. The Bertz CT molecular complexity index is 2330. The number of aromatic nitrogens is 6. The Labute approximate surface area is 313 Å². The van der Waals surface area contributed by atoms with Crippen LogP contribution in [0.2, 0.25) is 0 Å². The summed E-state index contributed by atoms with van der Waals surface area (Å²) in [5.41, 5.74) is 3.34. The van der Waals surface area contributed by atoms with Gasteiger partial charge in [0.05, 0.1) is 30.4 Å². The normalized spacial score (nSPS) is 21.1. The van der Waals surface area contributed by atoms with Gasteiger partial charge in [-0.25, -0.2) is 24.7 Å². The molecular weight excluding hydrogens is 685 g/mol. The molecule has 1 aromatic carbocycles. The average Bonchev–Trinajstić information content (AvgIpc) is 3.45. The topological polar surface area (TPSA) is 156 Å². The maximum Gasteiger partial charge on any atom is 0.407 e. The number of benzene rings is 1. The van der Waals surface area contributed by atoms with Crippen LogP contribution in [0.4, 0.5) is 10.6 Å². The van der Waals surface area contributed by atoms with Gasteiger partial charge in [0.25, 0.3) is 5.91 Å². The van der Waals surface area contributed by atoms with Crippen molar-refractivity contribution >= 4 is 39.9 Å². The van der Waals surface area contributed by atoms with Gasteiger partial charge in [0.2, 0.25) is 5.82 Å². The molecule has 278 valence electrons. The SMILES string of the molecule is COc1cc(C(=O)N2C[C@H]3CC[C@@H]2[C@@H]3NC(=O)OC(C)(C)C)cc2nc(-c3cc4cccnc4n3CC3CC3)n(CC3CN(c4ccnc(C#N)n4)C3)c12. The number of nitrogens with zero attached hydrogens (tertiary/aromatic N) is 9. The maximum atomic E-state index is 14.4. The first kappa shape index (κ1) is 34.1. The standard InChI is InChI=1S/C40H44N10O4/c1-40(2,3)54-39(52)46-34-26-9-10-29(34)49(22-26)38(51)27-14-28-35(31(16-27)53-4)50(21-24-18-47(19-24)33-11-13-42-32(17-41)45-33)37(44-28)30-15-25-6-5-12-43-36(25)48(30)20-23-7-8-23/h5-6,11-16,23-24,26,29,34H,7-10,18-22H2,1-4H3,(H,46,52)/t26-,29-,34-/m1/s1. The molecule has 2 saturated heterocycles. The highest BCUT2D eigenvalue weighted by atomic mass is 16.6. The van der Waals surface area contributed by atoms with Crippen LogP contribution in [0.1, 0.15) is 62.6 Å². The number of pyridine rings is 1. The number of piperidine rings is 1. The number of methoxy groups -OCH3 is 1. The Hall–Kier alpha value is -5.71. The fourth-order valence-electron chi connectivity index (χ4n) is 8.67. The van der Waals surface area contributed by atoms with Gasteiger partial charge in [-0.05, 0) is 94.7 Å². The third-order valence-corrected chi connectivity index (χ3v) is 11.3. The predicted octanol–water partition coefficient (Wildman–Crippen LogP) is 5.40. The van der Waals surface area contributed by atoms with E-state index in [9.17, 15) is 14.9 Å². The van der Waals surface area contributed by atoms with E-state index in [0.29, 0.717) is 35.8 Å². The third kappa shape index (κ3) is 6.15. The summed E-state index contributed by atoms with van der Waals surface area (Å²) in [6, 6.07) is 13.6. The smallest absolute Gasteiger partial charge is 0.407 e. The fourth-order valence-corrected chi connectivity index (χ4v) is 8.67. The van der Waals surface area contributed by atoms with Gasteiger partial charge in [0.1, 0.15) is 34.4 Å². The molecule has 4 fully saturated rings. The number of nitrogens with one attached hydrogen (secondary N) is 1. The molecule has 3 atom stereocenters. The molecule has 6 heterocycles. The Kier molecular flexibility index (Phi) is 8.20. The number of imidazole rings is 1. The number of rotatable bonds is 9. The molecule has 0 spiro atoms. The zero-order chi connectivity index (χ0) is 37.3. The van der Waals surface area contributed by atoms with Crippen LogP contribution < -0.4 is 15.0 Å². The number of amides is 2. The van der Waals surface area contributed by atoms with Crippen LogP contribution in [0, 0.1) is 29.1 Å². The number of alkyl carbamates (subject to hydrolysis) is 1. The lowest BCUT2D eigenvalue weighted by Gasteiger charge is -2.40. The van der Waals surface area contributed by atoms with Crippen molar-refractivity contribution in [2.24, 2.45) is 17.8 Å². The highest BCUT2D eigenvalue weighted by Gasteiger charge is 2.50. The molecule has 2 aliphatic carbocycles. The van der Waals surface area contributed by atoms with Crippen molar-refractivity contribution in [3.8, 4) is 23.3 Å². The minimum absolute atomic E-state index is 0.0993. The van der Waals surface area contributed by atoms with Gasteiger partial charge in [0.15, 0.2) is 5.82 Å². The van der Waals surface area contributed by atoms with Crippen molar-refractivity contribution in [2.45, 2.75) is 77.2 Å². The van der Waals surface area contributed by atoms with Crippen LogP contribution in [0.5, 0.6) is 5.75 Å². The Morgan fingerprint density at radius 1 is 0.963 bits per heavy atom. The van der Waals surface area contributed by atoms with Crippen molar-refractivity contribution in [1.29, 1.82) is 5.26 Å². The van der Waals surface area contributed by atoms with Crippen LogP contribution in [0.15, 0.2) is 48.8 Å². The van der Waals surface area contributed by atoms with E-state index in [1.165, 1.54) is 12.8 Å². The second kappa shape index (κ2) is 13.0. The highest BCUT2D eigenvalue weighted by molar-refractivity contribution is 6.00. The van der Waals surface area contributed by atoms with Crippen LogP contribution in [0.3, 0.4) is 0 Å². The number of fused-ring (bicyclic) bond motifs is 4. The van der Waals surface area contributed by atoms with Gasteiger partial charge in [0, 0.05) is 62.0 Å². The van der Waals surface area contributed by atoms with Crippen molar-refractivity contribution in [2.75, 3.05) is 31.6 Å². The summed E-state index contributed by atoms with van der Waals surface area (Å²) in [6.45, 7) is 9.13. The average molecular weight is 729 g/mol. The van der Waals surface area contributed by atoms with Crippen LogP contribution in [-0.2, 0) is 17.8 Å². The number of carbonyl (C=O) groups excluding carboxylic acids is 2. The van der Waals surface area contributed by atoms with Crippen LogP contribution in [0.25, 0.3) is 33.6 Å². The van der Waals surface area contributed by atoms with Gasteiger partial charge in [-0.1, -0.05) is 0 Å². The summed E-state index contributed by atoms with van der Waals surface area (Å²) in [5.74, 6) is 3.22. The largest absolute Gasteiger partial charge is 0.494 e. The van der Waals surface area contributed by atoms with Gasteiger partial charge < -0.3 is 33.7 Å². The number of hydrogen-bond acceptors (Lipinski definition) is 10. The number of nitriles is 1. The molecule has 2 amide bonds. The lowest BCUT2D eigenvalue weighted by atomic mass is 9.99. The zero-order valence-electron chi connectivity index (χ0n) is 31.0. The van der Waals surface area contributed by atoms with Crippen molar-refractivity contribution in [1.82, 2.24) is 39.3 Å². The molecule has 5 aromatic rings. The van der Waals surface area contributed by atoms with Crippen LogP contribution >= 0.6 is 0 Å². The van der Waals surface area contributed by atoms with Gasteiger partial charge >= 0.3 is 6.09 Å². The van der Waals surface area contributed by atoms with E-state index in [4.69, 9.17) is 19.4 Å². The molecule has 4 aliphatic rings. The van der Waals surface area contributed by atoms with E-state index in [1.807, 2.05) is 62.2 Å². The second-order valence-electron chi connectivity index (χ2n) is 16.2. The summed E-state index contributed by atoms with van der Waals surface area (Å²) >= 11 is 0. The number of likely N-dealkylation sites (tertiary alicyclic amines) is 1. The zero-order valence-corrected chi connectivity index (χ0v) is 31.0. The van der Waals surface area contributed by atoms with Crippen molar-refractivity contribution in [3.63, 3.8) is 0 Å². The van der Waals surface area contributed by atoms with E-state index in [1.54, 1.807) is 13.3 Å². The summed E-state index contributed by atoms with van der Waals surface area (Å²) in [4.78, 5) is 49.7. The molecule has 14 nitrogen and oxygen atoms in total. The van der Waals surface area contributed by atoms with Gasteiger partial charge in [-0.15, -0.1) is 0 Å². The molecule has 0 unspecified atom stereocenters. The van der Waals surface area contributed by atoms with Crippen molar-refractivity contribution in [3.05, 3.63) is 60.2 Å². The highest BCUT2D eigenvalue weighted by Crippen LogP contribution is 2.42. The second-order valence-corrected chi connectivity index (χ2v) is 16.2. The molecule has 2 bridgehead atoms. The maximum absolute atomic E-state index is 14.4. The first-order valence-corrected chi connectivity index (χ1v) is 18.9. The molecule has 2 aliphatic heterocycles. The van der Waals surface area contributed by atoms with Gasteiger partial charge in [-0.2, -0.15) is 5.26 Å². The first-order chi connectivity index (χ1) is 26.1. The first-order valence-electron chi connectivity index (χ1n) is 18.9. The third-order valence-electron chi connectivity index (χ3n) is 11.3. The number of hydrogen-bond donors (Lipinski definition) is 1. The molecular formula is C40H44N10O4. The van der Waals surface area contributed by atoms with E-state index in [-0.39, 0.29) is 35.7 Å². The van der Waals surface area contributed by atoms with E-state index >= 15 is 0 Å². The quantitative estimate of drug-likeness (QED) is 0.209. The predicted molar refractivity (Wildman–Crippen MR) is 201 cm³/mol. The summed E-state index contributed by atoms with van der Waals surface area (Å²) in [6.07, 6.45) is 7.17. The number of anilines is 1. The van der Waals surface area contributed by atoms with E-state index in [2.05, 4.69) is 41.5 Å². The number of ether oxygens (including phenoxy) is 2. The summed E-state index contributed by atoms with van der Waals surface area (Å²) < 4.78 is 16.2. The van der Waals surface area contributed by atoms with Gasteiger partial charge in [-0.3, -0.25) is 4.79 Å². The Morgan fingerprint density at radius 3 is 2.54 bits per heavy atom. The Balaban J connectivity index is 1.07. The molecule has 9 rings (SSSR count). The fraction of sp³-hybridized carbons (Fsp3) is 0.475. The minimum Gasteiger partial charge on any atom is -0.494 e. The molecule has 14 heteroatoms. The van der Waals surface area contributed by atoms with E-state index < -0.39 is 11.7 Å². The molecule has 1 N–H and O–H groups in total. The van der Waals surface area contributed by atoms with Crippen molar-refractivity contribution < 1.29 is 19.1 Å². The number of carbonyl (C=O) groups is 2. The molecule has 2 saturated carbocycles. The van der Waals surface area contributed by atoms with E-state index in [0.717, 1.165) is 66.4 Å². The van der Waals surface area contributed by atoms with Crippen LogP contribution in [-0.4, -0.2) is 90.4 Å². The minimum atomic E-state index is -0.606.